The van der Waals surface area contributed by atoms with E-state index in [4.69, 9.17) is 16.3 Å². The highest BCUT2D eigenvalue weighted by Crippen LogP contribution is 2.07. The van der Waals surface area contributed by atoms with Gasteiger partial charge in [0.05, 0.1) is 6.61 Å². The van der Waals surface area contributed by atoms with E-state index < -0.39 is 0 Å². The molecule has 1 saturated heterocycles. The van der Waals surface area contributed by atoms with Crippen molar-refractivity contribution in [2.75, 3.05) is 19.9 Å². The average molecular weight is 244 g/mol. The Hall–Kier alpha value is -1.20. The first-order valence-electron chi connectivity index (χ1n) is 4.89. The van der Waals surface area contributed by atoms with Gasteiger partial charge in [-0.3, -0.25) is 4.79 Å². The quantitative estimate of drug-likeness (QED) is 0.319. The summed E-state index contributed by atoms with van der Waals surface area (Å²) in [6.45, 7) is 6.64. The highest BCUT2D eigenvalue weighted by Gasteiger charge is 2.17. The van der Waals surface area contributed by atoms with Crippen LogP contribution in [0.3, 0.4) is 0 Å². The van der Waals surface area contributed by atoms with E-state index in [1.54, 1.807) is 11.8 Å². The van der Waals surface area contributed by atoms with E-state index in [2.05, 4.69) is 16.7 Å². The Morgan fingerprint density at radius 3 is 2.94 bits per heavy atom. The van der Waals surface area contributed by atoms with Gasteiger partial charge in [-0.2, -0.15) is 0 Å². The molecule has 0 N–H and O–H groups in total. The van der Waals surface area contributed by atoms with Gasteiger partial charge in [-0.25, -0.2) is 9.98 Å². The third kappa shape index (κ3) is 3.75. The van der Waals surface area contributed by atoms with Gasteiger partial charge in [0, 0.05) is 18.3 Å². The lowest BCUT2D eigenvalue weighted by Crippen LogP contribution is -2.38. The third-order valence-corrected chi connectivity index (χ3v) is 2.30. The molecule has 1 heterocycles. The lowest BCUT2D eigenvalue weighted by atomic mass is 10.2. The van der Waals surface area contributed by atoms with Gasteiger partial charge >= 0.3 is 0 Å². The Morgan fingerprint density at radius 1 is 1.62 bits per heavy atom. The second kappa shape index (κ2) is 6.40. The highest BCUT2D eigenvalue weighted by atomic mass is 35.5. The van der Waals surface area contributed by atoms with Crippen LogP contribution >= 0.6 is 11.6 Å². The number of hydrogen-bond donors (Lipinski definition) is 0. The maximum atomic E-state index is 11.8. The summed E-state index contributed by atoms with van der Waals surface area (Å²) in [6, 6.07) is 0. The van der Waals surface area contributed by atoms with Gasteiger partial charge in [-0.05, 0) is 31.7 Å². The summed E-state index contributed by atoms with van der Waals surface area (Å²) in [5.41, 5.74) is 0.493. The topological polar surface area (TPSA) is 54.3 Å². The standard InChI is InChI=1S/C10H14ClN3O2/c1-8(6-13-10(11)12-2)9(15)14-4-3-5-16-7-14/h6H,2-5,7H2,1H3/b8-6+,13-10?. The largest absolute Gasteiger partial charge is 0.361 e. The number of nitrogens with zero attached hydrogens (tertiary/aromatic N) is 3. The molecule has 0 spiro atoms. The van der Waals surface area contributed by atoms with Crippen molar-refractivity contribution in [3.05, 3.63) is 11.8 Å². The molecule has 0 atom stereocenters. The van der Waals surface area contributed by atoms with Gasteiger partial charge in [0.25, 0.3) is 5.91 Å². The van der Waals surface area contributed by atoms with E-state index in [1.807, 2.05) is 0 Å². The molecule has 1 amide bonds. The minimum atomic E-state index is -0.100. The summed E-state index contributed by atoms with van der Waals surface area (Å²) < 4.78 is 5.19. The fourth-order valence-corrected chi connectivity index (χ4v) is 1.30. The number of aliphatic imine (C=N–C) groups is 2. The van der Waals surface area contributed by atoms with Crippen molar-refractivity contribution >= 4 is 29.5 Å². The molecule has 0 aliphatic carbocycles. The Balaban J connectivity index is 2.61. The smallest absolute Gasteiger partial charge is 0.252 e. The van der Waals surface area contributed by atoms with Gasteiger partial charge in [0.15, 0.2) is 0 Å². The van der Waals surface area contributed by atoms with Crippen LogP contribution in [-0.2, 0) is 9.53 Å². The number of amides is 1. The van der Waals surface area contributed by atoms with Crippen LogP contribution in [0, 0.1) is 0 Å². The lowest BCUT2D eigenvalue weighted by Gasteiger charge is -2.26. The van der Waals surface area contributed by atoms with E-state index in [0.717, 1.165) is 6.42 Å². The second-order valence-electron chi connectivity index (χ2n) is 3.33. The molecule has 1 aliphatic rings. The van der Waals surface area contributed by atoms with Crippen molar-refractivity contribution < 1.29 is 9.53 Å². The van der Waals surface area contributed by atoms with E-state index >= 15 is 0 Å². The van der Waals surface area contributed by atoms with Crippen LogP contribution in [0.4, 0.5) is 0 Å². The van der Waals surface area contributed by atoms with Gasteiger partial charge in [-0.1, -0.05) is 0 Å². The third-order valence-electron chi connectivity index (χ3n) is 2.08. The molecule has 0 aromatic rings. The number of amidine groups is 1. The fraction of sp³-hybridized carbons (Fsp3) is 0.500. The Kier molecular flexibility index (Phi) is 5.14. The van der Waals surface area contributed by atoms with Gasteiger partial charge in [0.1, 0.15) is 6.73 Å². The number of carbonyl (C=O) groups excluding carboxylic acids is 1. The van der Waals surface area contributed by atoms with Crippen molar-refractivity contribution in [2.45, 2.75) is 13.3 Å². The van der Waals surface area contributed by atoms with Crippen LogP contribution in [0.25, 0.3) is 0 Å². The van der Waals surface area contributed by atoms with Gasteiger partial charge < -0.3 is 9.64 Å². The molecular weight excluding hydrogens is 230 g/mol. The van der Waals surface area contributed by atoms with E-state index in [1.165, 1.54) is 6.20 Å². The number of halogens is 1. The van der Waals surface area contributed by atoms with Gasteiger partial charge in [-0.15, -0.1) is 0 Å². The molecule has 16 heavy (non-hydrogen) atoms. The van der Waals surface area contributed by atoms with Crippen molar-refractivity contribution in [3.63, 3.8) is 0 Å². The predicted molar refractivity (Wildman–Crippen MR) is 63.7 cm³/mol. The zero-order valence-electron chi connectivity index (χ0n) is 9.15. The molecule has 6 heteroatoms. The molecule has 0 unspecified atom stereocenters. The zero-order valence-corrected chi connectivity index (χ0v) is 9.90. The normalized spacial score (nSPS) is 18.5. The summed E-state index contributed by atoms with van der Waals surface area (Å²) in [7, 11) is 0. The van der Waals surface area contributed by atoms with Crippen LogP contribution in [0.2, 0.25) is 0 Å². The van der Waals surface area contributed by atoms with E-state index in [0.29, 0.717) is 25.5 Å². The summed E-state index contributed by atoms with van der Waals surface area (Å²) in [5.74, 6) is -0.100. The van der Waals surface area contributed by atoms with Crippen molar-refractivity contribution in [1.29, 1.82) is 0 Å². The maximum absolute atomic E-state index is 11.8. The minimum absolute atomic E-state index is 0.0158. The van der Waals surface area contributed by atoms with E-state index in [-0.39, 0.29) is 11.2 Å². The van der Waals surface area contributed by atoms with Crippen molar-refractivity contribution in [1.82, 2.24) is 4.90 Å². The van der Waals surface area contributed by atoms with Crippen LogP contribution in [0.5, 0.6) is 0 Å². The fourth-order valence-electron chi connectivity index (χ4n) is 1.25. The molecule has 0 saturated carbocycles. The van der Waals surface area contributed by atoms with Crippen molar-refractivity contribution in [2.24, 2.45) is 9.98 Å². The van der Waals surface area contributed by atoms with Crippen molar-refractivity contribution in [3.8, 4) is 0 Å². The summed E-state index contributed by atoms with van der Waals surface area (Å²) in [5, 5.41) is 0.0158. The molecule has 1 rings (SSSR count). The van der Waals surface area contributed by atoms with Crippen LogP contribution in [0.1, 0.15) is 13.3 Å². The van der Waals surface area contributed by atoms with E-state index in [9.17, 15) is 4.79 Å². The second-order valence-corrected chi connectivity index (χ2v) is 3.67. The number of rotatable bonds is 2. The van der Waals surface area contributed by atoms with Crippen LogP contribution in [0.15, 0.2) is 21.8 Å². The lowest BCUT2D eigenvalue weighted by molar-refractivity contribution is -0.136. The highest BCUT2D eigenvalue weighted by molar-refractivity contribution is 6.65. The minimum Gasteiger partial charge on any atom is -0.361 e. The number of carbonyl (C=O) groups is 1. The Labute approximate surface area is 99.5 Å². The van der Waals surface area contributed by atoms with Gasteiger partial charge in [0.2, 0.25) is 5.29 Å². The first-order chi connectivity index (χ1) is 7.65. The first kappa shape index (κ1) is 12.9. The molecule has 1 aliphatic heterocycles. The molecular formula is C10H14ClN3O2. The predicted octanol–water partition coefficient (Wildman–Crippen LogP) is 1.39. The summed E-state index contributed by atoms with van der Waals surface area (Å²) in [6.07, 6.45) is 2.24. The first-order valence-corrected chi connectivity index (χ1v) is 5.26. The Morgan fingerprint density at radius 2 is 2.38 bits per heavy atom. The number of hydrogen-bond acceptors (Lipinski definition) is 3. The molecule has 0 aromatic heterocycles. The molecule has 0 aromatic carbocycles. The SMILES string of the molecule is C=NC(Cl)=N/C=C(\C)C(=O)N1CCCOC1. The summed E-state index contributed by atoms with van der Waals surface area (Å²) in [4.78, 5) is 20.6. The molecule has 5 nitrogen and oxygen atoms in total. The average Bonchev–Trinajstić information content (AvgIpc) is 2.35. The monoisotopic (exact) mass is 243 g/mol. The molecule has 1 fully saturated rings. The number of ether oxygens (including phenoxy) is 1. The Bertz CT molecular complexity index is 333. The molecule has 0 bridgehead atoms. The summed E-state index contributed by atoms with van der Waals surface area (Å²) >= 11 is 5.53. The van der Waals surface area contributed by atoms with Crippen LogP contribution < -0.4 is 0 Å². The molecule has 0 radical (unpaired) electrons. The maximum Gasteiger partial charge on any atom is 0.252 e. The molecule has 88 valence electrons. The zero-order chi connectivity index (χ0) is 12.0. The van der Waals surface area contributed by atoms with Crippen LogP contribution in [-0.4, -0.2) is 42.7 Å².